The predicted octanol–water partition coefficient (Wildman–Crippen LogP) is 2.17. The highest BCUT2D eigenvalue weighted by Gasteiger charge is 2.38. The average Bonchev–Trinajstić information content (AvgIpc) is 3.24. The van der Waals surface area contributed by atoms with Gasteiger partial charge in [0.15, 0.2) is 6.19 Å². The van der Waals surface area contributed by atoms with Crippen LogP contribution in [0.4, 0.5) is 0 Å². The number of piperazine rings is 1. The maximum Gasteiger partial charge on any atom is 0.237 e. The number of hydrazone groups is 1. The molecule has 1 saturated heterocycles. The van der Waals surface area contributed by atoms with Crippen molar-refractivity contribution in [1.29, 1.82) is 5.26 Å². The third-order valence-corrected chi connectivity index (χ3v) is 6.02. The number of hydrogen-bond acceptors (Lipinski definition) is 5. The van der Waals surface area contributed by atoms with Crippen LogP contribution >= 0.6 is 11.6 Å². The van der Waals surface area contributed by atoms with Gasteiger partial charge in [-0.3, -0.25) is 20.0 Å². The molecule has 0 aliphatic carbocycles. The maximum absolute atomic E-state index is 12.8. The topological polar surface area (TPSA) is 87.3 Å². The molecular formula is C24H26ClN7O. The van der Waals surface area contributed by atoms with Gasteiger partial charge in [-0.2, -0.15) is 10.4 Å². The highest BCUT2D eigenvalue weighted by atomic mass is 35.5. The smallest absolute Gasteiger partial charge is 0.237 e. The van der Waals surface area contributed by atoms with Gasteiger partial charge in [0.1, 0.15) is 0 Å². The molecule has 8 nitrogen and oxygen atoms in total. The molecule has 0 spiro atoms. The van der Waals surface area contributed by atoms with E-state index < -0.39 is 0 Å². The Morgan fingerprint density at radius 1 is 1.21 bits per heavy atom. The third kappa shape index (κ3) is 5.51. The highest BCUT2D eigenvalue weighted by Crippen LogP contribution is 2.22. The second kappa shape index (κ2) is 10.5. The number of nitrogens with zero attached hydrogens (tertiary/aromatic N) is 6. The Labute approximate surface area is 198 Å². The molecule has 1 fully saturated rings. The monoisotopic (exact) mass is 463 g/mol. The number of rotatable bonds is 5. The van der Waals surface area contributed by atoms with Crippen molar-refractivity contribution >= 4 is 29.2 Å². The minimum Gasteiger partial charge on any atom is -0.330 e. The zero-order valence-electron chi connectivity index (χ0n) is 18.5. The molecule has 1 amide bonds. The first-order valence-electron chi connectivity index (χ1n) is 10.9. The van der Waals surface area contributed by atoms with Crippen LogP contribution < -0.4 is 5.32 Å². The summed E-state index contributed by atoms with van der Waals surface area (Å²) in [4.78, 5) is 21.3. The fraction of sp³-hybridized carbons (Fsp3) is 0.333. The Kier molecular flexibility index (Phi) is 7.23. The van der Waals surface area contributed by atoms with Crippen LogP contribution in [0.1, 0.15) is 11.1 Å². The number of amides is 1. The number of carbonyl (C=O) groups is 1. The fourth-order valence-electron chi connectivity index (χ4n) is 4.04. The first-order chi connectivity index (χ1) is 16.0. The van der Waals surface area contributed by atoms with E-state index in [0.717, 1.165) is 24.2 Å². The first-order valence-corrected chi connectivity index (χ1v) is 11.3. The van der Waals surface area contributed by atoms with Crippen molar-refractivity contribution < 1.29 is 4.79 Å². The molecule has 1 unspecified atom stereocenters. The summed E-state index contributed by atoms with van der Waals surface area (Å²) in [7, 11) is 1.94. The van der Waals surface area contributed by atoms with Crippen LogP contribution in [0.5, 0.6) is 0 Å². The Morgan fingerprint density at radius 3 is 2.67 bits per heavy atom. The molecule has 4 rings (SSSR count). The van der Waals surface area contributed by atoms with E-state index in [1.165, 1.54) is 5.56 Å². The Balaban J connectivity index is 1.59. The van der Waals surface area contributed by atoms with E-state index in [1.54, 1.807) is 5.01 Å². The lowest BCUT2D eigenvalue weighted by molar-refractivity contribution is -0.136. The van der Waals surface area contributed by atoms with Gasteiger partial charge >= 0.3 is 0 Å². The molecule has 33 heavy (non-hydrogen) atoms. The zero-order chi connectivity index (χ0) is 23.2. The van der Waals surface area contributed by atoms with Crippen molar-refractivity contribution in [3.63, 3.8) is 0 Å². The Morgan fingerprint density at radius 2 is 1.97 bits per heavy atom. The van der Waals surface area contributed by atoms with Crippen molar-refractivity contribution in [1.82, 2.24) is 20.1 Å². The van der Waals surface area contributed by atoms with Crippen molar-refractivity contribution in [2.24, 2.45) is 10.1 Å². The van der Waals surface area contributed by atoms with E-state index in [2.05, 4.69) is 22.4 Å². The van der Waals surface area contributed by atoms with E-state index in [0.29, 0.717) is 37.2 Å². The van der Waals surface area contributed by atoms with Crippen LogP contribution in [0.25, 0.3) is 0 Å². The lowest BCUT2D eigenvalue weighted by Crippen LogP contribution is -2.56. The fourth-order valence-corrected chi connectivity index (χ4v) is 4.17. The standard InChI is InChI=1S/C24H26ClN7O/c1-30-13-14-31(22(33)16-30)21-15-32(29-23(21)19-7-9-20(25)10-8-19)24(28-17-26)27-12-11-18-5-3-2-4-6-18/h2-10,21H,11-16H2,1H3,(H,27,28). The summed E-state index contributed by atoms with van der Waals surface area (Å²) in [5, 5.41) is 19.1. The molecule has 2 heterocycles. The largest absolute Gasteiger partial charge is 0.330 e. The van der Waals surface area contributed by atoms with Gasteiger partial charge in [-0.1, -0.05) is 54.1 Å². The molecule has 2 aromatic carbocycles. The summed E-state index contributed by atoms with van der Waals surface area (Å²) in [5.41, 5.74) is 2.82. The second-order valence-corrected chi connectivity index (χ2v) is 8.53. The van der Waals surface area contributed by atoms with Gasteiger partial charge in [0.25, 0.3) is 0 Å². The second-order valence-electron chi connectivity index (χ2n) is 8.09. The number of carbonyl (C=O) groups excluding carboxylic acids is 1. The summed E-state index contributed by atoms with van der Waals surface area (Å²) >= 11 is 6.09. The molecule has 2 aliphatic heterocycles. The number of likely N-dealkylation sites (N-methyl/N-ethyl adjacent to an activating group) is 1. The number of nitrogens with one attached hydrogen (secondary N) is 1. The summed E-state index contributed by atoms with van der Waals surface area (Å²) in [6.07, 6.45) is 2.72. The molecule has 1 N–H and O–H groups in total. The van der Waals surface area contributed by atoms with Crippen LogP contribution in [0.3, 0.4) is 0 Å². The predicted molar refractivity (Wildman–Crippen MR) is 129 cm³/mol. The highest BCUT2D eigenvalue weighted by molar-refractivity contribution is 6.30. The van der Waals surface area contributed by atoms with Gasteiger partial charge in [-0.15, -0.1) is 0 Å². The number of aliphatic imine (C=N–C) groups is 1. The summed E-state index contributed by atoms with van der Waals surface area (Å²) in [6.45, 7) is 2.72. The molecule has 2 aliphatic rings. The average molecular weight is 464 g/mol. The molecule has 2 aromatic rings. The third-order valence-electron chi connectivity index (χ3n) is 5.77. The van der Waals surface area contributed by atoms with Gasteiger partial charge in [-0.25, -0.2) is 5.01 Å². The minimum absolute atomic E-state index is 0.0630. The lowest BCUT2D eigenvalue weighted by atomic mass is 10.0. The molecule has 0 bridgehead atoms. The van der Waals surface area contributed by atoms with E-state index in [-0.39, 0.29) is 11.9 Å². The van der Waals surface area contributed by atoms with Gasteiger partial charge in [0, 0.05) is 30.2 Å². The van der Waals surface area contributed by atoms with Crippen molar-refractivity contribution in [2.45, 2.75) is 12.5 Å². The normalized spacial score (nSPS) is 19.4. The quantitative estimate of drug-likeness (QED) is 0.318. The minimum atomic E-state index is -0.243. The summed E-state index contributed by atoms with van der Waals surface area (Å²) in [5.74, 6) is 0.442. The number of nitriles is 1. The van der Waals surface area contributed by atoms with Gasteiger partial charge in [-0.05, 0) is 31.2 Å². The molecule has 170 valence electrons. The van der Waals surface area contributed by atoms with Crippen molar-refractivity contribution in [2.75, 3.05) is 39.8 Å². The van der Waals surface area contributed by atoms with Gasteiger partial charge < -0.3 is 4.90 Å². The molecule has 0 radical (unpaired) electrons. The Bertz CT molecular complexity index is 1080. The van der Waals surface area contributed by atoms with Crippen LogP contribution in [0.2, 0.25) is 5.02 Å². The van der Waals surface area contributed by atoms with Crippen LogP contribution in [0, 0.1) is 11.5 Å². The molecule has 9 heteroatoms. The Hall–Kier alpha value is -3.41. The SMILES string of the molecule is CN1CCN(C2CN(C(=NCCc3ccccc3)NC#N)N=C2c2ccc(Cl)cc2)C(=O)C1. The van der Waals surface area contributed by atoms with Crippen molar-refractivity contribution in [3.05, 3.63) is 70.7 Å². The molecule has 1 atom stereocenters. The van der Waals surface area contributed by atoms with E-state index >= 15 is 0 Å². The van der Waals surface area contributed by atoms with Crippen LogP contribution in [0.15, 0.2) is 64.7 Å². The number of hydrogen-bond donors (Lipinski definition) is 1. The van der Waals surface area contributed by atoms with Gasteiger partial charge in [0.2, 0.25) is 11.9 Å². The van der Waals surface area contributed by atoms with E-state index in [4.69, 9.17) is 16.7 Å². The summed E-state index contributed by atoms with van der Waals surface area (Å²) < 4.78 is 0. The molecule has 0 aromatic heterocycles. The van der Waals surface area contributed by atoms with E-state index in [1.807, 2.05) is 65.5 Å². The number of benzene rings is 2. The van der Waals surface area contributed by atoms with Crippen LogP contribution in [-0.4, -0.2) is 78.2 Å². The van der Waals surface area contributed by atoms with E-state index in [9.17, 15) is 10.1 Å². The van der Waals surface area contributed by atoms with Gasteiger partial charge in [0.05, 0.1) is 24.8 Å². The molecular weight excluding hydrogens is 438 g/mol. The number of guanidine groups is 1. The van der Waals surface area contributed by atoms with Crippen LogP contribution in [-0.2, 0) is 11.2 Å². The summed E-state index contributed by atoms with van der Waals surface area (Å²) in [6, 6.07) is 17.3. The maximum atomic E-state index is 12.8. The lowest BCUT2D eigenvalue weighted by Gasteiger charge is -2.36. The zero-order valence-corrected chi connectivity index (χ0v) is 19.2. The molecule has 0 saturated carbocycles. The van der Waals surface area contributed by atoms with Crippen molar-refractivity contribution in [3.8, 4) is 6.19 Å². The number of halogens is 1. The first kappa shape index (κ1) is 22.8.